The Morgan fingerprint density at radius 3 is 2.45 bits per heavy atom. The molecule has 2 heterocycles. The maximum atomic E-state index is 12.5. The van der Waals surface area contributed by atoms with Crippen LogP contribution in [0, 0.1) is 13.8 Å². The smallest absolute Gasteiger partial charge is 0.248 e. The van der Waals surface area contributed by atoms with Gasteiger partial charge in [0.2, 0.25) is 11.8 Å². The molecule has 0 atom stereocenters. The number of nitrogens with zero attached hydrogens (tertiary/aromatic N) is 3. The van der Waals surface area contributed by atoms with Gasteiger partial charge in [-0.15, -0.1) is 0 Å². The summed E-state index contributed by atoms with van der Waals surface area (Å²) in [6.07, 6.45) is 0. The number of benzene rings is 2. The topological polar surface area (TPSA) is 102 Å². The average molecular weight is 432 g/mol. The van der Waals surface area contributed by atoms with E-state index in [1.165, 1.54) is 11.8 Å². The van der Waals surface area contributed by atoms with Gasteiger partial charge in [0.25, 0.3) is 0 Å². The predicted octanol–water partition coefficient (Wildman–Crippen LogP) is 3.84. The van der Waals surface area contributed by atoms with Crippen molar-refractivity contribution in [2.75, 3.05) is 11.1 Å². The molecule has 4 rings (SSSR count). The van der Waals surface area contributed by atoms with Crippen molar-refractivity contribution >= 4 is 34.8 Å². The number of nitrogens with two attached hydrogens (primary N) is 1. The molecule has 2 amide bonds. The molecule has 8 heteroatoms. The van der Waals surface area contributed by atoms with E-state index in [1.807, 2.05) is 54.8 Å². The van der Waals surface area contributed by atoms with Crippen LogP contribution in [0.1, 0.15) is 21.6 Å². The predicted molar refractivity (Wildman–Crippen MR) is 122 cm³/mol. The number of nitrogens with one attached hydrogen (secondary N) is 1. The van der Waals surface area contributed by atoms with Gasteiger partial charge in [0, 0.05) is 16.8 Å². The summed E-state index contributed by atoms with van der Waals surface area (Å²) in [5.41, 5.74) is 11.0. The lowest BCUT2D eigenvalue weighted by molar-refractivity contribution is -0.113. The lowest BCUT2D eigenvalue weighted by Gasteiger charge is -2.06. The van der Waals surface area contributed by atoms with Crippen LogP contribution in [0.2, 0.25) is 0 Å². The van der Waals surface area contributed by atoms with Crippen molar-refractivity contribution in [3.8, 4) is 11.3 Å². The van der Waals surface area contributed by atoms with E-state index < -0.39 is 5.91 Å². The molecule has 0 aliphatic heterocycles. The second-order valence-electron chi connectivity index (χ2n) is 7.12. The summed E-state index contributed by atoms with van der Waals surface area (Å²) in [6.45, 7) is 3.97. The Kier molecular flexibility index (Phi) is 5.73. The van der Waals surface area contributed by atoms with E-state index in [2.05, 4.69) is 10.4 Å². The second-order valence-corrected chi connectivity index (χ2v) is 8.06. The molecule has 0 fully saturated rings. The van der Waals surface area contributed by atoms with Crippen LogP contribution in [-0.2, 0) is 4.79 Å². The Morgan fingerprint density at radius 1 is 1.06 bits per heavy atom. The van der Waals surface area contributed by atoms with E-state index in [0.29, 0.717) is 16.4 Å². The van der Waals surface area contributed by atoms with Crippen LogP contribution >= 0.6 is 11.8 Å². The fraction of sp³-hybridized carbons (Fsp3) is 0.130. The Morgan fingerprint density at radius 2 is 1.77 bits per heavy atom. The minimum atomic E-state index is -0.507. The first-order chi connectivity index (χ1) is 14.9. The van der Waals surface area contributed by atoms with Crippen LogP contribution in [0.4, 0.5) is 5.69 Å². The Balaban J connectivity index is 1.57. The first-order valence-electron chi connectivity index (χ1n) is 9.67. The summed E-state index contributed by atoms with van der Waals surface area (Å²) in [5.74, 6) is -0.523. The largest absolute Gasteiger partial charge is 0.366 e. The third kappa shape index (κ3) is 4.44. The number of imidazole rings is 1. The van der Waals surface area contributed by atoms with Gasteiger partial charge in [0.05, 0.1) is 22.7 Å². The molecule has 4 aromatic rings. The number of aromatic nitrogens is 3. The SMILES string of the molecule is Cc1cc(C)c2c(-c3ccccc3)nc(SCC(=O)Nc3ccc(C(N)=O)cc3)n2n1. The van der Waals surface area contributed by atoms with Crippen molar-refractivity contribution in [2.45, 2.75) is 19.0 Å². The van der Waals surface area contributed by atoms with Crippen LogP contribution in [0.25, 0.3) is 16.8 Å². The molecule has 156 valence electrons. The minimum absolute atomic E-state index is 0.166. The average Bonchev–Trinajstić information content (AvgIpc) is 3.12. The van der Waals surface area contributed by atoms with Crippen molar-refractivity contribution in [3.05, 3.63) is 77.5 Å². The van der Waals surface area contributed by atoms with Crippen molar-refractivity contribution in [3.63, 3.8) is 0 Å². The number of carbonyl (C=O) groups excluding carboxylic acids is 2. The fourth-order valence-electron chi connectivity index (χ4n) is 3.34. The summed E-state index contributed by atoms with van der Waals surface area (Å²) in [4.78, 5) is 28.4. The number of amides is 2. The molecule has 0 unspecified atom stereocenters. The number of anilines is 1. The van der Waals surface area contributed by atoms with Gasteiger partial charge in [0.1, 0.15) is 0 Å². The van der Waals surface area contributed by atoms with E-state index in [-0.39, 0.29) is 11.7 Å². The summed E-state index contributed by atoms with van der Waals surface area (Å²) in [6, 6.07) is 18.4. The number of hydrogen-bond donors (Lipinski definition) is 2. The van der Waals surface area contributed by atoms with Crippen molar-refractivity contribution < 1.29 is 9.59 Å². The van der Waals surface area contributed by atoms with Crippen LogP contribution in [-0.4, -0.2) is 32.2 Å². The first kappa shape index (κ1) is 20.6. The molecule has 0 bridgehead atoms. The van der Waals surface area contributed by atoms with Gasteiger partial charge >= 0.3 is 0 Å². The van der Waals surface area contributed by atoms with Gasteiger partial charge in [-0.05, 0) is 49.7 Å². The number of fused-ring (bicyclic) bond motifs is 1. The Hall–Kier alpha value is -3.65. The Labute approximate surface area is 183 Å². The maximum absolute atomic E-state index is 12.5. The molecule has 0 saturated carbocycles. The summed E-state index contributed by atoms with van der Waals surface area (Å²) in [5, 5.41) is 8.10. The van der Waals surface area contributed by atoms with Crippen LogP contribution < -0.4 is 11.1 Å². The van der Waals surface area contributed by atoms with Gasteiger partial charge in [0.15, 0.2) is 5.16 Å². The highest BCUT2D eigenvalue weighted by Gasteiger charge is 2.18. The highest BCUT2D eigenvalue weighted by Crippen LogP contribution is 2.30. The number of primary amides is 1. The summed E-state index contributed by atoms with van der Waals surface area (Å²) < 4.78 is 1.81. The fourth-order valence-corrected chi connectivity index (χ4v) is 4.09. The van der Waals surface area contributed by atoms with Crippen molar-refractivity contribution in [2.24, 2.45) is 5.73 Å². The lowest BCUT2D eigenvalue weighted by Crippen LogP contribution is -2.15. The second kappa shape index (κ2) is 8.61. The molecular formula is C23H21N5O2S. The zero-order valence-corrected chi connectivity index (χ0v) is 17.9. The third-order valence-corrected chi connectivity index (χ3v) is 5.64. The normalized spacial score (nSPS) is 10.9. The van der Waals surface area contributed by atoms with Gasteiger partial charge in [-0.3, -0.25) is 9.59 Å². The molecule has 7 nitrogen and oxygen atoms in total. The standard InChI is InChI=1S/C23H21N5O2S/c1-14-12-15(2)27-28-21(14)20(16-6-4-3-5-7-16)26-23(28)31-13-19(29)25-18-10-8-17(9-11-18)22(24)30/h3-12H,13H2,1-2H3,(H2,24,30)(H,25,29). The zero-order valence-electron chi connectivity index (χ0n) is 17.1. The van der Waals surface area contributed by atoms with Gasteiger partial charge in [-0.25, -0.2) is 9.50 Å². The van der Waals surface area contributed by atoms with Gasteiger partial charge < -0.3 is 11.1 Å². The van der Waals surface area contributed by atoms with E-state index in [9.17, 15) is 9.59 Å². The highest BCUT2D eigenvalue weighted by molar-refractivity contribution is 7.99. The van der Waals surface area contributed by atoms with Crippen molar-refractivity contribution in [1.82, 2.24) is 14.6 Å². The van der Waals surface area contributed by atoms with E-state index in [0.717, 1.165) is 28.0 Å². The van der Waals surface area contributed by atoms with Crippen LogP contribution in [0.15, 0.2) is 65.8 Å². The summed E-state index contributed by atoms with van der Waals surface area (Å²) >= 11 is 1.32. The quantitative estimate of drug-likeness (QED) is 0.452. The third-order valence-electron chi connectivity index (χ3n) is 4.71. The van der Waals surface area contributed by atoms with Gasteiger partial charge in [-0.2, -0.15) is 5.10 Å². The lowest BCUT2D eigenvalue weighted by atomic mass is 10.1. The van der Waals surface area contributed by atoms with E-state index in [4.69, 9.17) is 10.7 Å². The molecular weight excluding hydrogens is 410 g/mol. The molecule has 0 saturated heterocycles. The number of carbonyl (C=O) groups is 2. The van der Waals surface area contributed by atoms with E-state index >= 15 is 0 Å². The first-order valence-corrected chi connectivity index (χ1v) is 10.7. The molecule has 2 aromatic heterocycles. The maximum Gasteiger partial charge on any atom is 0.248 e. The van der Waals surface area contributed by atoms with Crippen LogP contribution in [0.3, 0.4) is 0 Å². The zero-order chi connectivity index (χ0) is 22.0. The molecule has 0 aliphatic carbocycles. The molecule has 31 heavy (non-hydrogen) atoms. The van der Waals surface area contributed by atoms with Crippen molar-refractivity contribution in [1.29, 1.82) is 0 Å². The number of aryl methyl sites for hydroxylation is 2. The van der Waals surface area contributed by atoms with E-state index in [1.54, 1.807) is 24.3 Å². The molecule has 2 aromatic carbocycles. The number of rotatable bonds is 6. The molecule has 3 N–H and O–H groups in total. The van der Waals surface area contributed by atoms with Gasteiger partial charge in [-0.1, -0.05) is 42.1 Å². The monoisotopic (exact) mass is 431 g/mol. The Bertz CT molecular complexity index is 1270. The summed E-state index contributed by atoms with van der Waals surface area (Å²) in [7, 11) is 0. The minimum Gasteiger partial charge on any atom is -0.366 e. The molecule has 0 aliphatic rings. The van der Waals surface area contributed by atoms with Crippen LogP contribution in [0.5, 0.6) is 0 Å². The number of thioether (sulfide) groups is 1. The molecule has 0 spiro atoms. The highest BCUT2D eigenvalue weighted by atomic mass is 32.2. The number of hydrogen-bond acceptors (Lipinski definition) is 5. The molecule has 0 radical (unpaired) electrons.